The average molecular weight is 314 g/mol. The number of carbonyl (C=O) groups is 1. The van der Waals surface area contributed by atoms with Crippen LogP contribution in [0.4, 0.5) is 27.5 Å². The number of anilines is 4. The Balaban J connectivity index is 2.16. The van der Waals surface area contributed by atoms with Gasteiger partial charge < -0.3 is 16.0 Å². The van der Waals surface area contributed by atoms with Crippen molar-refractivity contribution < 1.29 is 4.79 Å². The Kier molecular flexibility index (Phi) is 3.85. The Hall–Kier alpha value is -2.34. The predicted molar refractivity (Wildman–Crippen MR) is 92.7 cm³/mol. The first-order valence-electron chi connectivity index (χ1n) is 7.01. The normalized spacial score (nSPS) is 12.2. The van der Waals surface area contributed by atoms with Gasteiger partial charge in [0.25, 0.3) is 0 Å². The quantitative estimate of drug-likeness (QED) is 0.791. The Bertz CT molecular complexity index is 679. The lowest BCUT2D eigenvalue weighted by Gasteiger charge is -2.31. The molecule has 0 spiro atoms. The summed E-state index contributed by atoms with van der Waals surface area (Å²) in [5, 5.41) is 8.99. The van der Waals surface area contributed by atoms with Gasteiger partial charge in [-0.3, -0.25) is 4.90 Å². The molecule has 2 aromatic carbocycles. The third-order valence-electron chi connectivity index (χ3n) is 3.62. The predicted octanol–water partition coefficient (Wildman–Crippen LogP) is 3.71. The zero-order valence-electron chi connectivity index (χ0n) is 12.7. The van der Waals surface area contributed by atoms with Crippen molar-refractivity contribution in [3.8, 4) is 0 Å². The number of rotatable bonds is 2. The number of nitrogens with zero attached hydrogens (tertiary/aromatic N) is 1. The maximum atomic E-state index is 12.4. The van der Waals surface area contributed by atoms with E-state index in [1.807, 2.05) is 38.4 Å². The minimum atomic E-state index is -0.141. The maximum absolute atomic E-state index is 12.4. The van der Waals surface area contributed by atoms with Crippen molar-refractivity contribution in [3.05, 3.63) is 36.4 Å². The van der Waals surface area contributed by atoms with Gasteiger partial charge in [0.15, 0.2) is 0 Å². The summed E-state index contributed by atoms with van der Waals surface area (Å²) in [6.45, 7) is 0. The topological polar surface area (TPSA) is 56.4 Å². The summed E-state index contributed by atoms with van der Waals surface area (Å²) in [7, 11) is 5.42. The van der Waals surface area contributed by atoms with Crippen LogP contribution in [-0.4, -0.2) is 27.2 Å². The second-order valence-corrected chi connectivity index (χ2v) is 5.94. The molecule has 0 aliphatic carbocycles. The van der Waals surface area contributed by atoms with E-state index in [1.54, 1.807) is 23.7 Å². The minimum Gasteiger partial charge on any atom is -0.388 e. The Morgan fingerprint density at radius 3 is 1.82 bits per heavy atom. The van der Waals surface area contributed by atoms with Crippen LogP contribution in [-0.2, 0) is 0 Å². The van der Waals surface area contributed by atoms with Gasteiger partial charge in [0.2, 0.25) is 0 Å². The molecule has 1 heterocycles. The molecule has 0 fully saturated rings. The molecule has 5 nitrogen and oxygen atoms in total. The van der Waals surface area contributed by atoms with Gasteiger partial charge in [-0.25, -0.2) is 4.79 Å². The largest absolute Gasteiger partial charge is 0.388 e. The lowest BCUT2D eigenvalue weighted by molar-refractivity contribution is 0.250. The maximum Gasteiger partial charge on any atom is 0.326 e. The van der Waals surface area contributed by atoms with Crippen LogP contribution in [0.2, 0.25) is 0 Å². The molecule has 0 saturated heterocycles. The van der Waals surface area contributed by atoms with Gasteiger partial charge in [0, 0.05) is 42.3 Å². The summed E-state index contributed by atoms with van der Waals surface area (Å²) in [6, 6.07) is 11.9. The van der Waals surface area contributed by atoms with Crippen molar-refractivity contribution in [2.24, 2.45) is 0 Å². The molecule has 1 aliphatic rings. The van der Waals surface area contributed by atoms with Crippen molar-refractivity contribution >= 4 is 40.5 Å². The first kappa shape index (κ1) is 14.6. The number of fused-ring (bicyclic) bond motifs is 2. The van der Waals surface area contributed by atoms with Gasteiger partial charge in [-0.05, 0) is 36.4 Å². The van der Waals surface area contributed by atoms with Crippen LogP contribution < -0.4 is 20.9 Å². The monoisotopic (exact) mass is 314 g/mol. The zero-order chi connectivity index (χ0) is 15.7. The van der Waals surface area contributed by atoms with E-state index >= 15 is 0 Å². The number of amides is 2. The fourth-order valence-corrected chi connectivity index (χ4v) is 3.59. The lowest BCUT2D eigenvalue weighted by Crippen LogP contribution is -2.36. The summed E-state index contributed by atoms with van der Waals surface area (Å²) in [6.07, 6.45) is 0. The molecule has 3 N–H and O–H groups in total. The first-order valence-corrected chi connectivity index (χ1v) is 7.83. The van der Waals surface area contributed by atoms with E-state index in [0.29, 0.717) is 0 Å². The standard InChI is InChI=1S/C16H18N4OS/c1-17-10-4-6-12-14(8-10)22-15-9-11(18-2)5-7-13(15)20(12)16(21)19-3/h4-9,17-18H,1-3H3,(H,19,21). The summed E-state index contributed by atoms with van der Waals surface area (Å²) >= 11 is 1.67. The molecule has 2 aromatic rings. The van der Waals surface area contributed by atoms with Crippen LogP contribution in [0.5, 0.6) is 0 Å². The lowest BCUT2D eigenvalue weighted by atomic mass is 10.2. The second-order valence-electron chi connectivity index (χ2n) is 4.86. The highest BCUT2D eigenvalue weighted by atomic mass is 32.2. The van der Waals surface area contributed by atoms with Crippen molar-refractivity contribution in [3.63, 3.8) is 0 Å². The highest BCUT2D eigenvalue weighted by Crippen LogP contribution is 2.49. The molecule has 114 valence electrons. The van der Waals surface area contributed by atoms with Crippen LogP contribution in [0.1, 0.15) is 0 Å². The molecule has 0 saturated carbocycles. The number of hydrogen-bond donors (Lipinski definition) is 3. The summed E-state index contributed by atoms with van der Waals surface area (Å²) < 4.78 is 0. The Labute approximate surface area is 134 Å². The van der Waals surface area contributed by atoms with Crippen LogP contribution >= 0.6 is 11.8 Å². The second kappa shape index (κ2) is 5.81. The molecule has 2 amide bonds. The number of urea groups is 1. The molecule has 3 rings (SSSR count). The van der Waals surface area contributed by atoms with E-state index in [2.05, 4.69) is 28.1 Å². The molecule has 22 heavy (non-hydrogen) atoms. The molecule has 0 radical (unpaired) electrons. The molecule has 0 unspecified atom stereocenters. The van der Waals surface area contributed by atoms with Crippen LogP contribution in [0.25, 0.3) is 0 Å². The van der Waals surface area contributed by atoms with E-state index in [1.165, 1.54) is 0 Å². The van der Waals surface area contributed by atoms with Gasteiger partial charge in [-0.1, -0.05) is 11.8 Å². The van der Waals surface area contributed by atoms with E-state index in [4.69, 9.17) is 0 Å². The molecule has 1 aliphatic heterocycles. The van der Waals surface area contributed by atoms with E-state index in [-0.39, 0.29) is 6.03 Å². The Morgan fingerprint density at radius 1 is 0.909 bits per heavy atom. The van der Waals surface area contributed by atoms with E-state index in [0.717, 1.165) is 32.5 Å². The van der Waals surface area contributed by atoms with Crippen LogP contribution in [0.3, 0.4) is 0 Å². The fraction of sp³-hybridized carbons (Fsp3) is 0.188. The minimum absolute atomic E-state index is 0.141. The first-order chi connectivity index (χ1) is 10.7. The fourth-order valence-electron chi connectivity index (χ4n) is 2.45. The summed E-state index contributed by atoms with van der Waals surface area (Å²) in [5.74, 6) is 0. The van der Waals surface area contributed by atoms with Gasteiger partial charge in [0.1, 0.15) is 0 Å². The van der Waals surface area contributed by atoms with Crippen molar-refractivity contribution in [2.45, 2.75) is 9.79 Å². The molecule has 0 atom stereocenters. The third-order valence-corrected chi connectivity index (χ3v) is 4.71. The van der Waals surface area contributed by atoms with Crippen molar-refractivity contribution in [1.82, 2.24) is 5.32 Å². The third kappa shape index (κ3) is 2.35. The molecule has 0 aromatic heterocycles. The SMILES string of the molecule is CNC(=O)N1c2ccc(NC)cc2Sc2cc(NC)ccc21. The summed E-state index contributed by atoms with van der Waals surface area (Å²) in [5.41, 5.74) is 3.84. The van der Waals surface area contributed by atoms with E-state index in [9.17, 15) is 4.79 Å². The molecule has 0 bridgehead atoms. The molecule has 6 heteroatoms. The van der Waals surface area contributed by atoms with Gasteiger partial charge in [0.05, 0.1) is 11.4 Å². The highest BCUT2D eigenvalue weighted by molar-refractivity contribution is 7.99. The number of benzene rings is 2. The number of nitrogens with one attached hydrogen (secondary N) is 3. The number of hydrogen-bond acceptors (Lipinski definition) is 4. The van der Waals surface area contributed by atoms with Crippen molar-refractivity contribution in [2.75, 3.05) is 36.7 Å². The smallest absolute Gasteiger partial charge is 0.326 e. The van der Waals surface area contributed by atoms with Gasteiger partial charge >= 0.3 is 6.03 Å². The van der Waals surface area contributed by atoms with Crippen LogP contribution in [0, 0.1) is 0 Å². The summed E-state index contributed by atoms with van der Waals surface area (Å²) in [4.78, 5) is 16.2. The molecular formula is C16H18N4OS. The Morgan fingerprint density at radius 2 is 1.41 bits per heavy atom. The van der Waals surface area contributed by atoms with Gasteiger partial charge in [-0.15, -0.1) is 0 Å². The highest BCUT2D eigenvalue weighted by Gasteiger charge is 2.28. The van der Waals surface area contributed by atoms with Crippen molar-refractivity contribution in [1.29, 1.82) is 0 Å². The average Bonchev–Trinajstić information content (AvgIpc) is 2.57. The van der Waals surface area contributed by atoms with Crippen LogP contribution in [0.15, 0.2) is 46.2 Å². The van der Waals surface area contributed by atoms with E-state index < -0.39 is 0 Å². The zero-order valence-corrected chi connectivity index (χ0v) is 13.5. The number of carbonyl (C=O) groups excluding carboxylic acids is 1. The molecular weight excluding hydrogens is 296 g/mol. The van der Waals surface area contributed by atoms with Gasteiger partial charge in [-0.2, -0.15) is 0 Å².